The molecule has 0 spiro atoms. The summed E-state index contributed by atoms with van der Waals surface area (Å²) in [5.41, 5.74) is 2.99. The highest BCUT2D eigenvalue weighted by molar-refractivity contribution is 6.30. The Kier molecular flexibility index (Phi) is 5.53. The number of halogens is 2. The Hall–Kier alpha value is -2.56. The maximum atomic E-state index is 12.3. The second kappa shape index (κ2) is 8.01. The van der Waals surface area contributed by atoms with Crippen LogP contribution in [-0.2, 0) is 6.54 Å². The van der Waals surface area contributed by atoms with E-state index in [0.29, 0.717) is 27.8 Å². The lowest BCUT2D eigenvalue weighted by Gasteiger charge is -2.09. The van der Waals surface area contributed by atoms with Gasteiger partial charge in [0, 0.05) is 34.7 Å². The molecule has 0 aliphatic rings. The zero-order chi connectivity index (χ0) is 17.6. The number of hydrogen-bond donors (Lipinski definition) is 2. The van der Waals surface area contributed by atoms with Crippen molar-refractivity contribution in [1.29, 1.82) is 0 Å². The van der Waals surface area contributed by atoms with Crippen molar-refractivity contribution in [2.24, 2.45) is 0 Å². The van der Waals surface area contributed by atoms with Crippen molar-refractivity contribution in [1.82, 2.24) is 4.98 Å². The van der Waals surface area contributed by atoms with E-state index in [1.807, 2.05) is 24.3 Å². The van der Waals surface area contributed by atoms with Crippen molar-refractivity contribution < 1.29 is 4.79 Å². The number of benzene rings is 2. The van der Waals surface area contributed by atoms with Gasteiger partial charge in [-0.3, -0.25) is 9.78 Å². The second-order valence-electron chi connectivity index (χ2n) is 5.40. The van der Waals surface area contributed by atoms with Crippen LogP contribution in [0, 0.1) is 0 Å². The van der Waals surface area contributed by atoms with Crippen molar-refractivity contribution in [3.63, 3.8) is 0 Å². The van der Waals surface area contributed by atoms with Gasteiger partial charge in [-0.15, -0.1) is 0 Å². The molecule has 0 unspecified atom stereocenters. The number of carbonyl (C=O) groups is 1. The topological polar surface area (TPSA) is 54.0 Å². The third kappa shape index (κ3) is 4.95. The smallest absolute Gasteiger partial charge is 0.257 e. The molecule has 0 saturated heterocycles. The molecule has 25 heavy (non-hydrogen) atoms. The highest BCUT2D eigenvalue weighted by Gasteiger charge is 2.08. The lowest BCUT2D eigenvalue weighted by molar-refractivity contribution is 0.102. The molecule has 1 amide bonds. The summed E-state index contributed by atoms with van der Waals surface area (Å²) in [6.45, 7) is 0.612. The molecule has 0 bridgehead atoms. The average molecular weight is 372 g/mol. The molecule has 2 N–H and O–H groups in total. The Morgan fingerprint density at radius 1 is 0.880 bits per heavy atom. The van der Waals surface area contributed by atoms with Gasteiger partial charge in [0.1, 0.15) is 0 Å². The van der Waals surface area contributed by atoms with Crippen molar-refractivity contribution in [3.05, 3.63) is 88.2 Å². The molecule has 4 nitrogen and oxygen atoms in total. The van der Waals surface area contributed by atoms with E-state index in [1.54, 1.807) is 36.5 Å². The first-order valence-electron chi connectivity index (χ1n) is 7.60. The van der Waals surface area contributed by atoms with Crippen LogP contribution in [0.15, 0.2) is 67.0 Å². The van der Waals surface area contributed by atoms with Crippen LogP contribution in [-0.4, -0.2) is 10.9 Å². The third-order valence-corrected chi connectivity index (χ3v) is 4.02. The Bertz CT molecular complexity index is 865. The predicted molar refractivity (Wildman–Crippen MR) is 102 cm³/mol. The van der Waals surface area contributed by atoms with Gasteiger partial charge in [0.25, 0.3) is 5.91 Å². The molecule has 0 saturated carbocycles. The first-order chi connectivity index (χ1) is 12.1. The van der Waals surface area contributed by atoms with Gasteiger partial charge in [-0.25, -0.2) is 0 Å². The number of carbonyl (C=O) groups excluding carboxylic acids is 1. The van der Waals surface area contributed by atoms with E-state index in [9.17, 15) is 4.79 Å². The first kappa shape index (κ1) is 17.3. The molecule has 126 valence electrons. The molecule has 0 atom stereocenters. The molecule has 0 aliphatic heterocycles. The molecule has 0 fully saturated rings. The summed E-state index contributed by atoms with van der Waals surface area (Å²) in [5, 5.41) is 7.38. The highest BCUT2D eigenvalue weighted by Crippen LogP contribution is 2.16. The van der Waals surface area contributed by atoms with Gasteiger partial charge >= 0.3 is 0 Å². The minimum Gasteiger partial charge on any atom is -0.380 e. The van der Waals surface area contributed by atoms with Crippen LogP contribution in [0.1, 0.15) is 15.9 Å². The Morgan fingerprint density at radius 2 is 1.52 bits per heavy atom. The maximum absolute atomic E-state index is 12.3. The van der Waals surface area contributed by atoms with Crippen LogP contribution in [0.4, 0.5) is 11.4 Å². The van der Waals surface area contributed by atoms with Gasteiger partial charge in [-0.05, 0) is 48.0 Å². The maximum Gasteiger partial charge on any atom is 0.257 e. The van der Waals surface area contributed by atoms with Crippen molar-refractivity contribution in [3.8, 4) is 0 Å². The highest BCUT2D eigenvalue weighted by atomic mass is 35.5. The van der Waals surface area contributed by atoms with E-state index in [-0.39, 0.29) is 5.91 Å². The number of pyridine rings is 1. The van der Waals surface area contributed by atoms with Gasteiger partial charge < -0.3 is 10.6 Å². The Morgan fingerprint density at radius 3 is 2.20 bits per heavy atom. The monoisotopic (exact) mass is 371 g/mol. The van der Waals surface area contributed by atoms with Crippen LogP contribution in [0.3, 0.4) is 0 Å². The fourth-order valence-corrected chi connectivity index (χ4v) is 2.46. The Labute approximate surface area is 155 Å². The minimum atomic E-state index is -0.232. The van der Waals surface area contributed by atoms with Gasteiger partial charge in [0.2, 0.25) is 0 Å². The number of amides is 1. The molecule has 0 aliphatic carbocycles. The molecule has 3 rings (SSSR count). The summed E-state index contributed by atoms with van der Waals surface area (Å²) in [4.78, 5) is 16.5. The SMILES string of the molecule is O=C(Nc1ccc(Cl)cc1)c1cncc(NCc2ccc(Cl)cc2)c1. The summed E-state index contributed by atoms with van der Waals surface area (Å²) >= 11 is 11.7. The van der Waals surface area contributed by atoms with Crippen LogP contribution < -0.4 is 10.6 Å². The quantitative estimate of drug-likeness (QED) is 0.643. The van der Waals surface area contributed by atoms with Crippen LogP contribution in [0.2, 0.25) is 10.0 Å². The van der Waals surface area contributed by atoms with Crippen molar-refractivity contribution >= 4 is 40.5 Å². The van der Waals surface area contributed by atoms with E-state index in [2.05, 4.69) is 15.6 Å². The van der Waals surface area contributed by atoms with Crippen LogP contribution in [0.5, 0.6) is 0 Å². The molecule has 0 radical (unpaired) electrons. The third-order valence-electron chi connectivity index (χ3n) is 3.51. The van der Waals surface area contributed by atoms with E-state index in [0.717, 1.165) is 11.3 Å². The molecule has 1 aromatic heterocycles. The van der Waals surface area contributed by atoms with E-state index >= 15 is 0 Å². The fourth-order valence-electron chi connectivity index (χ4n) is 2.20. The fraction of sp³-hybridized carbons (Fsp3) is 0.0526. The van der Waals surface area contributed by atoms with Crippen LogP contribution >= 0.6 is 23.2 Å². The average Bonchev–Trinajstić information content (AvgIpc) is 2.63. The second-order valence-corrected chi connectivity index (χ2v) is 6.28. The summed E-state index contributed by atoms with van der Waals surface area (Å²) < 4.78 is 0. The number of rotatable bonds is 5. The molecule has 6 heteroatoms. The van der Waals surface area contributed by atoms with Gasteiger partial charge in [-0.1, -0.05) is 35.3 Å². The summed E-state index contributed by atoms with van der Waals surface area (Å²) in [7, 11) is 0. The lowest BCUT2D eigenvalue weighted by atomic mass is 10.2. The molecule has 1 heterocycles. The molecule has 3 aromatic rings. The lowest BCUT2D eigenvalue weighted by Crippen LogP contribution is -2.12. The summed E-state index contributed by atoms with van der Waals surface area (Å²) in [6, 6.07) is 16.3. The number of anilines is 2. The van der Waals surface area contributed by atoms with Gasteiger partial charge in [0.05, 0.1) is 11.3 Å². The predicted octanol–water partition coefficient (Wildman–Crippen LogP) is 5.25. The standard InChI is InChI=1S/C19H15Cl2N3O/c20-15-3-1-13(2-4-15)10-23-18-9-14(11-22-12-18)19(25)24-17-7-5-16(21)6-8-17/h1-9,11-12,23H,10H2,(H,24,25). The zero-order valence-corrected chi connectivity index (χ0v) is 14.7. The van der Waals surface area contributed by atoms with E-state index in [4.69, 9.17) is 23.2 Å². The Balaban J connectivity index is 1.64. The van der Waals surface area contributed by atoms with E-state index < -0.39 is 0 Å². The van der Waals surface area contributed by atoms with E-state index in [1.165, 1.54) is 6.20 Å². The van der Waals surface area contributed by atoms with Crippen LogP contribution in [0.25, 0.3) is 0 Å². The number of hydrogen-bond acceptors (Lipinski definition) is 3. The van der Waals surface area contributed by atoms with Gasteiger partial charge in [0.15, 0.2) is 0 Å². The van der Waals surface area contributed by atoms with Gasteiger partial charge in [-0.2, -0.15) is 0 Å². The first-order valence-corrected chi connectivity index (χ1v) is 8.36. The molecule has 2 aromatic carbocycles. The summed E-state index contributed by atoms with van der Waals surface area (Å²) in [6.07, 6.45) is 3.20. The molecular weight excluding hydrogens is 357 g/mol. The molecular formula is C19H15Cl2N3O. The number of aromatic nitrogens is 1. The van der Waals surface area contributed by atoms with Crippen molar-refractivity contribution in [2.45, 2.75) is 6.54 Å². The van der Waals surface area contributed by atoms with Crippen molar-refractivity contribution in [2.75, 3.05) is 10.6 Å². The largest absolute Gasteiger partial charge is 0.380 e. The summed E-state index contributed by atoms with van der Waals surface area (Å²) in [5.74, 6) is -0.232. The minimum absolute atomic E-state index is 0.232. The normalized spacial score (nSPS) is 10.3. The number of nitrogens with one attached hydrogen (secondary N) is 2. The number of nitrogens with zero attached hydrogens (tertiary/aromatic N) is 1. The zero-order valence-electron chi connectivity index (χ0n) is 13.2.